The molecule has 0 unspecified atom stereocenters. The average molecular weight is 89.9 g/mol. The first-order valence-electron chi connectivity index (χ1n) is 1.62. The molecule has 0 saturated carbocycles. The fourth-order valence-corrected chi connectivity index (χ4v) is 0.106. The number of nitrogens with zero attached hydrogens (tertiary/aromatic N) is 3. The lowest BCUT2D eigenvalue weighted by Gasteiger charge is -1.73. The van der Waals surface area contributed by atoms with Crippen molar-refractivity contribution in [3.8, 4) is 0 Å². The Hall–Kier alpha value is -1.47. The molecule has 0 aliphatic heterocycles. The van der Waals surface area contributed by atoms with Crippen molar-refractivity contribution in [2.24, 2.45) is 0 Å². The first-order chi connectivity index (χ1) is 3.35. The van der Waals surface area contributed by atoms with E-state index in [4.69, 9.17) is 19.7 Å². The third kappa shape index (κ3) is 1.42. The van der Waals surface area contributed by atoms with Gasteiger partial charge in [-0.15, -0.1) is 0 Å². The van der Waals surface area contributed by atoms with Gasteiger partial charge in [0.25, 0.3) is 0 Å². The minimum Gasteiger partial charge on any atom is -0.407 e. The maximum atomic E-state index is 6.19. The van der Waals surface area contributed by atoms with E-state index in [-0.39, 0.29) is 0 Å². The van der Waals surface area contributed by atoms with Crippen molar-refractivity contribution in [1.82, 2.24) is 0 Å². The van der Waals surface area contributed by atoms with Crippen LogP contribution >= 0.6 is 0 Å². The van der Waals surface area contributed by atoms with E-state index in [2.05, 4.69) is 14.3 Å². The molecule has 0 fully saturated rings. The highest BCUT2D eigenvalue weighted by atomic mass is 14.9. The molecule has 0 heterocycles. The number of rotatable bonds is 0. The van der Waals surface area contributed by atoms with Crippen molar-refractivity contribution in [3.05, 3.63) is 34.0 Å². The van der Waals surface area contributed by atoms with Gasteiger partial charge in [-0.2, -0.15) is 0 Å². The third-order valence-electron chi connectivity index (χ3n) is 0.424. The van der Waals surface area contributed by atoms with Gasteiger partial charge in [0.05, 0.1) is 0 Å². The summed E-state index contributed by atoms with van der Waals surface area (Å²) in [6.07, 6.45) is 0. The highest BCUT2D eigenvalue weighted by Crippen LogP contribution is 1.84. The van der Waals surface area contributed by atoms with Gasteiger partial charge in [-0.1, -0.05) is 0 Å². The summed E-state index contributed by atoms with van der Waals surface area (Å²) in [7, 11) is -1.83. The molecule has 0 aliphatic rings. The van der Waals surface area contributed by atoms with E-state index in [9.17, 15) is 0 Å². The summed E-state index contributed by atoms with van der Waals surface area (Å²) in [6.45, 7) is 18.6. The van der Waals surface area contributed by atoms with Crippen LogP contribution in [0, 0.1) is 19.7 Å². The lowest BCUT2D eigenvalue weighted by molar-refractivity contribution is 2.20. The average Bonchev–Trinajstić information content (AvgIpc) is 1.72. The van der Waals surface area contributed by atoms with Crippen LogP contribution in [0.5, 0.6) is 0 Å². The third-order valence-corrected chi connectivity index (χ3v) is 0.424. The molecule has 0 rings (SSSR count). The highest BCUT2D eigenvalue weighted by molar-refractivity contribution is 6.68. The van der Waals surface area contributed by atoms with E-state index >= 15 is 0 Å². The molecule has 0 N–H and O–H groups in total. The molecule has 0 aliphatic carbocycles. The van der Waals surface area contributed by atoms with Gasteiger partial charge in [0, 0.05) is 0 Å². The second kappa shape index (κ2) is 2.76. The fourth-order valence-electron chi connectivity index (χ4n) is 0.106. The predicted molar refractivity (Wildman–Crippen MR) is 27.0 cm³/mol. The van der Waals surface area contributed by atoms with Gasteiger partial charge in [0.1, 0.15) is 0 Å². The molecule has 0 atom stereocenters. The molecule has 7 heavy (non-hydrogen) atoms. The molecule has 0 aromatic rings. The molecule has 3 nitrogen and oxygen atoms in total. The Morgan fingerprint density at radius 3 is 1.14 bits per heavy atom. The molecule has 0 spiro atoms. The summed E-state index contributed by atoms with van der Waals surface area (Å²) >= 11 is 0. The number of hydrogen-bond donors (Lipinski definition) is 0. The first kappa shape index (κ1) is 5.53. The van der Waals surface area contributed by atoms with E-state index in [1.54, 1.807) is 0 Å². The monoisotopic (exact) mass is 90.0 g/mol. The quantitative estimate of drug-likeness (QED) is 0.303. The lowest BCUT2D eigenvalue weighted by Crippen LogP contribution is -1.88. The molecule has 0 aromatic heterocycles. The summed E-state index contributed by atoms with van der Waals surface area (Å²) in [5, 5.41) is 0. The number of hydrogen-bond acceptors (Lipinski definition) is 0. The molecular weight excluding hydrogens is 88.9 g/mol. The van der Waals surface area contributed by atoms with Crippen LogP contribution in [0.2, 0.25) is 0 Å². The lowest BCUT2D eigenvalue weighted by atomic mass is 10.0. The van der Waals surface area contributed by atoms with Crippen molar-refractivity contribution in [2.75, 3.05) is 0 Å². The van der Waals surface area contributed by atoms with Crippen LogP contribution in [-0.2, 0) is 0 Å². The van der Waals surface area contributed by atoms with Crippen molar-refractivity contribution in [1.29, 1.82) is 0 Å². The fraction of sp³-hybridized carbons (Fsp3) is 0. The van der Waals surface area contributed by atoms with Gasteiger partial charge in [0.15, 0.2) is 0 Å². The van der Waals surface area contributed by atoms with Gasteiger partial charge in [-0.05, 0) is 0 Å². The molecule has 0 aromatic carbocycles. The normalized spacial score (nSPS) is 6.00. The summed E-state index contributed by atoms with van der Waals surface area (Å²) in [5.74, 6) is 0. The van der Waals surface area contributed by atoms with Crippen molar-refractivity contribution >= 4 is 7.12 Å². The van der Waals surface area contributed by atoms with Crippen LogP contribution in [0.1, 0.15) is 0 Å². The predicted octanol–water partition coefficient (Wildman–Crippen LogP) is 0.461. The van der Waals surface area contributed by atoms with Crippen molar-refractivity contribution in [2.45, 2.75) is 0 Å². The highest BCUT2D eigenvalue weighted by Gasteiger charge is 2.22. The van der Waals surface area contributed by atoms with E-state index in [0.717, 1.165) is 0 Å². The summed E-state index contributed by atoms with van der Waals surface area (Å²) in [5.41, 5.74) is 0. The Morgan fingerprint density at radius 1 is 0.857 bits per heavy atom. The van der Waals surface area contributed by atoms with Crippen LogP contribution < -0.4 is 0 Å². The van der Waals surface area contributed by atoms with Crippen LogP contribution in [0.25, 0.3) is 14.3 Å². The SMILES string of the molecule is [C-]#[N+][BH-]([N+]#[C-])[N+]#[C-]. The Bertz CT molecular complexity index is 133. The minimum absolute atomic E-state index is 1.83. The second-order valence-corrected chi connectivity index (χ2v) is 0.899. The van der Waals surface area contributed by atoms with Gasteiger partial charge in [-0.25, -0.2) is 0 Å². The van der Waals surface area contributed by atoms with E-state index in [1.165, 1.54) is 0 Å². The molecular formula is C3HBN3-. The van der Waals surface area contributed by atoms with E-state index < -0.39 is 7.12 Å². The van der Waals surface area contributed by atoms with Gasteiger partial charge in [-0.3, -0.25) is 0 Å². The van der Waals surface area contributed by atoms with Gasteiger partial charge < -0.3 is 34.0 Å². The molecule has 0 saturated heterocycles. The van der Waals surface area contributed by atoms with Crippen LogP contribution in [-0.4, -0.2) is 7.12 Å². The zero-order valence-electron chi connectivity index (χ0n) is 3.55. The molecule has 32 valence electrons. The van der Waals surface area contributed by atoms with Crippen LogP contribution in [0.4, 0.5) is 0 Å². The summed E-state index contributed by atoms with van der Waals surface area (Å²) in [6, 6.07) is 0. The van der Waals surface area contributed by atoms with Crippen LogP contribution in [0.15, 0.2) is 0 Å². The van der Waals surface area contributed by atoms with Crippen LogP contribution in [0.3, 0.4) is 0 Å². The van der Waals surface area contributed by atoms with E-state index in [0.29, 0.717) is 0 Å². The second-order valence-electron chi connectivity index (χ2n) is 0.899. The maximum absolute atomic E-state index is 6.19. The Kier molecular flexibility index (Phi) is 2.18. The zero-order chi connectivity index (χ0) is 5.70. The van der Waals surface area contributed by atoms with E-state index in [1.807, 2.05) is 0 Å². The Balaban J connectivity index is 3.82. The Morgan fingerprint density at radius 2 is 1.14 bits per heavy atom. The van der Waals surface area contributed by atoms with Gasteiger partial charge >= 0.3 is 7.12 Å². The standard InChI is InChI=1S/C3HBN3/c1-5-4(6-2)7-3/h4H/q-1. The van der Waals surface area contributed by atoms with Crippen molar-refractivity contribution in [3.63, 3.8) is 0 Å². The molecule has 0 radical (unpaired) electrons. The minimum atomic E-state index is -1.83. The maximum Gasteiger partial charge on any atom is 1.01 e. The van der Waals surface area contributed by atoms with Crippen molar-refractivity contribution < 1.29 is 0 Å². The molecule has 0 bridgehead atoms. The molecule has 4 heteroatoms. The first-order valence-corrected chi connectivity index (χ1v) is 1.62. The van der Waals surface area contributed by atoms with Gasteiger partial charge in [0.2, 0.25) is 0 Å². The topological polar surface area (TPSA) is 13.1 Å². The smallest absolute Gasteiger partial charge is 0.407 e. The largest absolute Gasteiger partial charge is 1.01 e. The zero-order valence-corrected chi connectivity index (χ0v) is 3.55. The summed E-state index contributed by atoms with van der Waals surface area (Å²) < 4.78 is 8.25. The molecule has 0 amide bonds. The Labute approximate surface area is 42.2 Å². The summed E-state index contributed by atoms with van der Waals surface area (Å²) in [4.78, 5) is 0.